The molecule has 0 atom stereocenters. The zero-order valence-corrected chi connectivity index (χ0v) is 20.5. The van der Waals surface area contributed by atoms with Gasteiger partial charge in [-0.15, -0.1) is 0 Å². The summed E-state index contributed by atoms with van der Waals surface area (Å²) in [5.74, 6) is 0.869. The Bertz CT molecular complexity index is 1320. The Morgan fingerprint density at radius 1 is 1.06 bits per heavy atom. The maximum atomic E-state index is 13.0. The first-order chi connectivity index (χ1) is 15.9. The Labute approximate surface area is 197 Å². The molecule has 0 aliphatic carbocycles. The fraction of sp³-hybridized carbons (Fsp3) is 0.391. The summed E-state index contributed by atoms with van der Waals surface area (Å²) in [6.07, 6.45) is 0.894. The van der Waals surface area contributed by atoms with Gasteiger partial charge >= 0.3 is 0 Å². The number of ether oxygens (including phenoxy) is 2. The number of carbonyl (C=O) groups is 1. The van der Waals surface area contributed by atoms with Gasteiger partial charge in [0.25, 0.3) is 5.91 Å². The van der Waals surface area contributed by atoms with Gasteiger partial charge in [0.1, 0.15) is 11.5 Å². The molecule has 0 N–H and O–H groups in total. The number of sulfonamides is 1. The van der Waals surface area contributed by atoms with E-state index in [0.29, 0.717) is 29.9 Å². The van der Waals surface area contributed by atoms with Crippen LogP contribution in [0.2, 0.25) is 0 Å². The Morgan fingerprint density at radius 2 is 1.70 bits per heavy atom. The fourth-order valence-electron chi connectivity index (χ4n) is 4.00. The van der Waals surface area contributed by atoms with E-state index in [1.807, 2.05) is 29.7 Å². The second-order valence-corrected chi connectivity index (χ2v) is 10.7. The Hall–Kier alpha value is -2.69. The van der Waals surface area contributed by atoms with Crippen LogP contribution in [-0.4, -0.2) is 50.5 Å². The van der Waals surface area contributed by atoms with E-state index in [4.69, 9.17) is 9.47 Å². The highest BCUT2D eigenvalue weighted by molar-refractivity contribution is 7.89. The van der Waals surface area contributed by atoms with Crippen molar-refractivity contribution in [1.82, 2.24) is 8.87 Å². The summed E-state index contributed by atoms with van der Waals surface area (Å²) in [6, 6.07) is 12.2. The number of fused-ring (bicyclic) bond motifs is 1. The van der Waals surface area contributed by atoms with Crippen molar-refractivity contribution in [3.05, 3.63) is 47.3 Å². The number of nitrogens with zero attached hydrogens (tertiary/aromatic N) is 3. The molecule has 1 aromatic heterocycles. The molecule has 0 bridgehead atoms. The van der Waals surface area contributed by atoms with Crippen LogP contribution in [0.15, 0.2) is 52.4 Å². The van der Waals surface area contributed by atoms with Crippen molar-refractivity contribution in [2.75, 3.05) is 27.3 Å². The van der Waals surface area contributed by atoms with Crippen LogP contribution in [0, 0.1) is 5.92 Å². The van der Waals surface area contributed by atoms with Crippen molar-refractivity contribution in [2.45, 2.75) is 31.2 Å². The third-order valence-corrected chi connectivity index (χ3v) is 8.87. The van der Waals surface area contributed by atoms with Crippen molar-refractivity contribution in [1.29, 1.82) is 0 Å². The zero-order chi connectivity index (χ0) is 23.6. The van der Waals surface area contributed by atoms with Gasteiger partial charge in [-0.05, 0) is 62.2 Å². The number of benzene rings is 2. The summed E-state index contributed by atoms with van der Waals surface area (Å²) >= 11 is 1.45. The van der Waals surface area contributed by atoms with Crippen LogP contribution in [0.5, 0.6) is 11.5 Å². The lowest BCUT2D eigenvalue weighted by Crippen LogP contribution is -2.40. The third-order valence-electron chi connectivity index (χ3n) is 5.91. The van der Waals surface area contributed by atoms with Crippen LogP contribution < -0.4 is 14.3 Å². The first kappa shape index (κ1) is 23.5. The highest BCUT2D eigenvalue weighted by Crippen LogP contribution is 2.26. The van der Waals surface area contributed by atoms with Crippen LogP contribution >= 0.6 is 11.3 Å². The molecule has 1 saturated heterocycles. The first-order valence-corrected chi connectivity index (χ1v) is 13.0. The Balaban J connectivity index is 1.50. The van der Waals surface area contributed by atoms with Crippen molar-refractivity contribution in [3.63, 3.8) is 0 Å². The van der Waals surface area contributed by atoms with E-state index in [0.717, 1.165) is 16.0 Å². The molecule has 176 valence electrons. The second-order valence-electron chi connectivity index (χ2n) is 7.77. The molecule has 3 aromatic rings. The highest BCUT2D eigenvalue weighted by Gasteiger charge is 2.32. The van der Waals surface area contributed by atoms with Crippen molar-refractivity contribution < 1.29 is 22.7 Å². The van der Waals surface area contributed by atoms with E-state index in [1.165, 1.54) is 22.8 Å². The van der Waals surface area contributed by atoms with Crippen LogP contribution in [0.1, 0.15) is 19.8 Å². The number of rotatable bonds is 6. The van der Waals surface area contributed by atoms with E-state index in [2.05, 4.69) is 4.99 Å². The minimum atomic E-state index is -3.61. The summed E-state index contributed by atoms with van der Waals surface area (Å²) < 4.78 is 40.8. The van der Waals surface area contributed by atoms with E-state index >= 15 is 0 Å². The lowest BCUT2D eigenvalue weighted by molar-refractivity contribution is -0.122. The smallest absolute Gasteiger partial charge is 0.251 e. The van der Waals surface area contributed by atoms with E-state index in [9.17, 15) is 13.2 Å². The minimum Gasteiger partial charge on any atom is -0.497 e. The number of carbonyl (C=O) groups excluding carboxylic acids is 1. The first-order valence-electron chi connectivity index (χ1n) is 10.8. The number of hydrogen-bond acceptors (Lipinski definition) is 6. The zero-order valence-electron chi connectivity index (χ0n) is 18.9. The van der Waals surface area contributed by atoms with Crippen molar-refractivity contribution >= 4 is 37.5 Å². The fourth-order valence-corrected chi connectivity index (χ4v) is 6.59. The molecule has 10 heteroatoms. The number of amides is 1. The second kappa shape index (κ2) is 9.66. The number of piperidine rings is 1. The Kier molecular flexibility index (Phi) is 6.87. The molecule has 1 aliphatic rings. The molecule has 0 spiro atoms. The molecule has 1 aliphatic heterocycles. The minimum absolute atomic E-state index is 0.197. The van der Waals surface area contributed by atoms with Gasteiger partial charge in [-0.1, -0.05) is 11.3 Å². The predicted octanol–water partition coefficient (Wildman–Crippen LogP) is 3.27. The number of methoxy groups -OCH3 is 2. The van der Waals surface area contributed by atoms with Gasteiger partial charge in [-0.3, -0.25) is 4.79 Å². The summed E-state index contributed by atoms with van der Waals surface area (Å²) in [7, 11) is -0.448. The maximum Gasteiger partial charge on any atom is 0.251 e. The molecular weight excluding hydrogens is 462 g/mol. The molecule has 0 saturated carbocycles. The SMILES string of the molecule is CCn1c(=NC(=O)C2CCN(S(=O)(=O)c3ccc(OC)cc3)CC2)sc2cc(OC)ccc21. The predicted molar refractivity (Wildman–Crippen MR) is 127 cm³/mol. The quantitative estimate of drug-likeness (QED) is 0.530. The molecular formula is C23H27N3O5S2. The largest absolute Gasteiger partial charge is 0.497 e. The summed E-state index contributed by atoms with van der Waals surface area (Å²) in [4.78, 5) is 18.3. The van der Waals surface area contributed by atoms with Crippen molar-refractivity contribution in [3.8, 4) is 11.5 Å². The van der Waals surface area contributed by atoms with Gasteiger partial charge in [0, 0.05) is 25.6 Å². The van der Waals surface area contributed by atoms with Gasteiger partial charge in [0.2, 0.25) is 10.0 Å². The molecule has 2 aromatic carbocycles. The average molecular weight is 490 g/mol. The van der Waals surface area contributed by atoms with E-state index in [-0.39, 0.29) is 29.8 Å². The lowest BCUT2D eigenvalue weighted by Gasteiger charge is -2.29. The summed E-state index contributed by atoms with van der Waals surface area (Å²) in [5, 5.41) is 0. The molecule has 2 heterocycles. The van der Waals surface area contributed by atoms with Gasteiger partial charge in [0.05, 0.1) is 29.3 Å². The third kappa shape index (κ3) is 4.68. The number of thiazole rings is 1. The van der Waals surface area contributed by atoms with E-state index < -0.39 is 10.0 Å². The van der Waals surface area contributed by atoms with Crippen LogP contribution in [0.4, 0.5) is 0 Å². The topological polar surface area (TPSA) is 90.2 Å². The highest BCUT2D eigenvalue weighted by atomic mass is 32.2. The van der Waals surface area contributed by atoms with Crippen LogP contribution in [0.3, 0.4) is 0 Å². The van der Waals surface area contributed by atoms with Gasteiger partial charge in [-0.2, -0.15) is 9.30 Å². The average Bonchev–Trinajstić information content (AvgIpc) is 3.19. The molecule has 1 amide bonds. The summed E-state index contributed by atoms with van der Waals surface area (Å²) in [5.41, 5.74) is 1.01. The molecule has 8 nitrogen and oxygen atoms in total. The van der Waals surface area contributed by atoms with Gasteiger partial charge in [0.15, 0.2) is 4.80 Å². The standard InChI is InChI=1S/C23H27N3O5S2/c1-4-26-20-10-7-18(31-3)15-21(20)32-23(26)24-22(27)16-11-13-25(14-12-16)33(28,29)19-8-5-17(30-2)6-9-19/h5-10,15-16H,4,11-14H2,1-3H3. The van der Waals surface area contributed by atoms with Gasteiger partial charge in [-0.25, -0.2) is 8.42 Å². The molecule has 0 unspecified atom stereocenters. The normalized spacial score (nSPS) is 16.3. The summed E-state index contributed by atoms with van der Waals surface area (Å²) in [6.45, 7) is 3.29. The number of aryl methyl sites for hydroxylation is 1. The molecule has 33 heavy (non-hydrogen) atoms. The monoisotopic (exact) mass is 489 g/mol. The number of aromatic nitrogens is 1. The molecule has 1 fully saturated rings. The molecule has 0 radical (unpaired) electrons. The number of hydrogen-bond donors (Lipinski definition) is 0. The van der Waals surface area contributed by atoms with E-state index in [1.54, 1.807) is 31.4 Å². The van der Waals surface area contributed by atoms with Gasteiger partial charge < -0.3 is 14.0 Å². The van der Waals surface area contributed by atoms with Crippen molar-refractivity contribution in [2.24, 2.45) is 10.9 Å². The molecule has 4 rings (SSSR count). The van der Waals surface area contributed by atoms with Crippen LogP contribution in [-0.2, 0) is 21.4 Å². The lowest BCUT2D eigenvalue weighted by atomic mass is 9.98. The maximum absolute atomic E-state index is 13.0. The Morgan fingerprint density at radius 3 is 2.30 bits per heavy atom. The van der Waals surface area contributed by atoms with Crippen LogP contribution in [0.25, 0.3) is 10.2 Å².